The molecule has 0 atom stereocenters. The highest BCUT2D eigenvalue weighted by molar-refractivity contribution is 5.51. The molecule has 2 rings (SSSR count). The summed E-state index contributed by atoms with van der Waals surface area (Å²) in [4.78, 5) is 2.54. The molecule has 0 saturated heterocycles. The Balaban J connectivity index is 2.31. The number of hydrogen-bond acceptors (Lipinski definition) is 2. The van der Waals surface area contributed by atoms with Gasteiger partial charge in [-0.15, -0.1) is 0 Å². The Bertz CT molecular complexity index is 380. The van der Waals surface area contributed by atoms with Gasteiger partial charge in [-0.2, -0.15) is 0 Å². The highest BCUT2D eigenvalue weighted by atomic mass is 15.2. The molecule has 1 aromatic carbocycles. The summed E-state index contributed by atoms with van der Waals surface area (Å²) in [5.74, 6) is 0. The maximum Gasteiger partial charge on any atom is 0.0524 e. The van der Waals surface area contributed by atoms with Crippen LogP contribution in [0.1, 0.15) is 44.6 Å². The van der Waals surface area contributed by atoms with Crippen LogP contribution >= 0.6 is 0 Å². The van der Waals surface area contributed by atoms with Crippen LogP contribution in [-0.2, 0) is 0 Å². The van der Waals surface area contributed by atoms with E-state index in [0.29, 0.717) is 0 Å². The fraction of sp³-hybridized carbons (Fsp3) is 0.625. The monoisotopic (exact) mass is 246 g/mol. The first kappa shape index (κ1) is 13.4. The number of hydrogen-bond donors (Lipinski definition) is 1. The van der Waals surface area contributed by atoms with E-state index in [4.69, 9.17) is 5.73 Å². The summed E-state index contributed by atoms with van der Waals surface area (Å²) in [6.45, 7) is 6.22. The third kappa shape index (κ3) is 2.54. The highest BCUT2D eigenvalue weighted by Crippen LogP contribution is 2.36. The van der Waals surface area contributed by atoms with Gasteiger partial charge in [0.2, 0.25) is 0 Å². The zero-order chi connectivity index (χ0) is 13.0. The van der Waals surface area contributed by atoms with Crippen molar-refractivity contribution in [1.29, 1.82) is 0 Å². The Kier molecular flexibility index (Phi) is 4.28. The Morgan fingerprint density at radius 1 is 1.22 bits per heavy atom. The van der Waals surface area contributed by atoms with Crippen LogP contribution in [0.5, 0.6) is 0 Å². The van der Waals surface area contributed by atoms with E-state index in [1.54, 1.807) is 0 Å². The van der Waals surface area contributed by atoms with Crippen molar-refractivity contribution in [3.63, 3.8) is 0 Å². The molecule has 1 aromatic rings. The molecule has 0 spiro atoms. The summed E-state index contributed by atoms with van der Waals surface area (Å²) in [6.07, 6.45) is 6.49. The summed E-state index contributed by atoms with van der Waals surface area (Å²) >= 11 is 0. The molecule has 2 N–H and O–H groups in total. The largest absolute Gasteiger partial charge is 0.365 e. The van der Waals surface area contributed by atoms with Gasteiger partial charge in [-0.05, 0) is 44.4 Å². The molecular weight excluding hydrogens is 220 g/mol. The van der Waals surface area contributed by atoms with Crippen LogP contribution in [0.4, 0.5) is 5.69 Å². The lowest BCUT2D eigenvalue weighted by Crippen LogP contribution is -2.55. The van der Waals surface area contributed by atoms with Gasteiger partial charge >= 0.3 is 0 Å². The summed E-state index contributed by atoms with van der Waals surface area (Å²) in [7, 11) is 0. The van der Waals surface area contributed by atoms with E-state index in [1.807, 2.05) is 0 Å². The molecule has 2 heteroatoms. The van der Waals surface area contributed by atoms with Gasteiger partial charge in [0.05, 0.1) is 5.54 Å². The van der Waals surface area contributed by atoms with Crippen molar-refractivity contribution in [2.24, 2.45) is 5.73 Å². The van der Waals surface area contributed by atoms with Crippen LogP contribution in [0.15, 0.2) is 24.3 Å². The third-order valence-corrected chi connectivity index (χ3v) is 4.37. The Hall–Kier alpha value is -1.02. The maximum absolute atomic E-state index is 6.15. The average Bonchev–Trinajstić information content (AvgIpc) is 2.41. The van der Waals surface area contributed by atoms with Gasteiger partial charge in [0, 0.05) is 18.8 Å². The molecule has 1 saturated carbocycles. The molecule has 0 aromatic heterocycles. The Morgan fingerprint density at radius 2 is 1.94 bits per heavy atom. The van der Waals surface area contributed by atoms with Gasteiger partial charge in [-0.25, -0.2) is 0 Å². The van der Waals surface area contributed by atoms with Crippen LogP contribution in [0.25, 0.3) is 0 Å². The molecule has 18 heavy (non-hydrogen) atoms. The lowest BCUT2D eigenvalue weighted by molar-refractivity contribution is 0.283. The normalized spacial score (nSPS) is 18.6. The van der Waals surface area contributed by atoms with Crippen LogP contribution in [0, 0.1) is 6.92 Å². The first-order valence-corrected chi connectivity index (χ1v) is 7.26. The SMILES string of the molecule is CCN(c1cccc(C)c1)C1(CN)CCCCC1. The second kappa shape index (κ2) is 5.75. The molecule has 100 valence electrons. The fourth-order valence-corrected chi connectivity index (χ4v) is 3.38. The standard InChI is InChI=1S/C16H26N2/c1-3-18(15-9-7-8-14(2)12-15)16(13-17)10-5-4-6-11-16/h7-9,12H,3-6,10-11,13,17H2,1-2H3. The van der Waals surface area contributed by atoms with E-state index in [-0.39, 0.29) is 5.54 Å². The third-order valence-electron chi connectivity index (χ3n) is 4.37. The molecule has 1 aliphatic carbocycles. The van der Waals surface area contributed by atoms with Crippen molar-refractivity contribution < 1.29 is 0 Å². The van der Waals surface area contributed by atoms with Gasteiger partial charge in [-0.3, -0.25) is 0 Å². The number of nitrogens with zero attached hydrogens (tertiary/aromatic N) is 1. The van der Waals surface area contributed by atoms with E-state index in [9.17, 15) is 0 Å². The fourth-order valence-electron chi connectivity index (χ4n) is 3.38. The zero-order valence-corrected chi connectivity index (χ0v) is 11.8. The predicted molar refractivity (Wildman–Crippen MR) is 79.1 cm³/mol. The summed E-state index contributed by atoms with van der Waals surface area (Å²) in [5, 5.41) is 0. The van der Waals surface area contributed by atoms with Gasteiger partial charge in [-0.1, -0.05) is 31.4 Å². The average molecular weight is 246 g/mol. The van der Waals surface area contributed by atoms with Crippen molar-refractivity contribution in [1.82, 2.24) is 0 Å². The van der Waals surface area contributed by atoms with Crippen molar-refractivity contribution in [2.75, 3.05) is 18.0 Å². The molecule has 0 heterocycles. The summed E-state index contributed by atoms with van der Waals surface area (Å²) in [5.41, 5.74) is 9.01. The first-order valence-electron chi connectivity index (χ1n) is 7.26. The van der Waals surface area contributed by atoms with Crippen LogP contribution < -0.4 is 10.6 Å². The second-order valence-electron chi connectivity index (χ2n) is 5.57. The lowest BCUT2D eigenvalue weighted by Gasteiger charge is -2.47. The van der Waals surface area contributed by atoms with E-state index < -0.39 is 0 Å². The molecule has 0 radical (unpaired) electrons. The molecule has 0 bridgehead atoms. The van der Waals surface area contributed by atoms with Crippen molar-refractivity contribution >= 4 is 5.69 Å². The van der Waals surface area contributed by atoms with E-state index in [1.165, 1.54) is 43.4 Å². The number of anilines is 1. The quantitative estimate of drug-likeness (QED) is 0.881. The van der Waals surface area contributed by atoms with Crippen molar-refractivity contribution in [3.05, 3.63) is 29.8 Å². The molecule has 0 unspecified atom stereocenters. The van der Waals surface area contributed by atoms with E-state index in [0.717, 1.165) is 13.1 Å². The Labute approximate surface area is 111 Å². The smallest absolute Gasteiger partial charge is 0.0524 e. The van der Waals surface area contributed by atoms with Gasteiger partial charge in [0.1, 0.15) is 0 Å². The second-order valence-corrected chi connectivity index (χ2v) is 5.57. The lowest BCUT2D eigenvalue weighted by atomic mass is 9.80. The van der Waals surface area contributed by atoms with Crippen LogP contribution in [0.2, 0.25) is 0 Å². The molecule has 0 amide bonds. The number of aryl methyl sites for hydroxylation is 1. The number of benzene rings is 1. The topological polar surface area (TPSA) is 29.3 Å². The molecule has 1 aliphatic rings. The number of nitrogens with two attached hydrogens (primary N) is 1. The van der Waals surface area contributed by atoms with Gasteiger partial charge < -0.3 is 10.6 Å². The first-order chi connectivity index (χ1) is 8.72. The van der Waals surface area contributed by atoms with Crippen LogP contribution in [-0.4, -0.2) is 18.6 Å². The van der Waals surface area contributed by atoms with Gasteiger partial charge in [0.15, 0.2) is 0 Å². The minimum absolute atomic E-state index is 0.195. The molecule has 2 nitrogen and oxygen atoms in total. The Morgan fingerprint density at radius 3 is 2.50 bits per heavy atom. The zero-order valence-electron chi connectivity index (χ0n) is 11.8. The minimum atomic E-state index is 0.195. The van der Waals surface area contributed by atoms with Crippen molar-refractivity contribution in [2.45, 2.75) is 51.5 Å². The summed E-state index contributed by atoms with van der Waals surface area (Å²) < 4.78 is 0. The number of likely N-dealkylation sites (N-methyl/N-ethyl adjacent to an activating group) is 1. The minimum Gasteiger partial charge on any atom is -0.365 e. The maximum atomic E-state index is 6.15. The molecule has 0 aliphatic heterocycles. The predicted octanol–water partition coefficient (Wildman–Crippen LogP) is 3.48. The molecular formula is C16H26N2. The molecule has 1 fully saturated rings. The van der Waals surface area contributed by atoms with Crippen LogP contribution in [0.3, 0.4) is 0 Å². The number of rotatable bonds is 4. The highest BCUT2D eigenvalue weighted by Gasteiger charge is 2.36. The van der Waals surface area contributed by atoms with E-state index >= 15 is 0 Å². The van der Waals surface area contributed by atoms with Gasteiger partial charge in [0.25, 0.3) is 0 Å². The summed E-state index contributed by atoms with van der Waals surface area (Å²) in [6, 6.07) is 8.83. The van der Waals surface area contributed by atoms with Crippen molar-refractivity contribution in [3.8, 4) is 0 Å². The van der Waals surface area contributed by atoms with E-state index in [2.05, 4.69) is 43.0 Å².